The number of phosphoric acid groups is 1. The summed E-state index contributed by atoms with van der Waals surface area (Å²) in [5.74, 6) is 4.98. The van der Waals surface area contributed by atoms with Gasteiger partial charge in [0.05, 0.1) is 34.4 Å². The van der Waals surface area contributed by atoms with Gasteiger partial charge in [-0.1, -0.05) is 91.2 Å². The van der Waals surface area contributed by atoms with Crippen LogP contribution in [-0.2, 0) is 23.1 Å². The fourth-order valence-electron chi connectivity index (χ4n) is 10.6. The number of quaternary nitrogens is 1. The third-order valence-corrected chi connectivity index (χ3v) is 14.6. The Morgan fingerprint density at radius 2 is 1.55 bits per heavy atom. The topological polar surface area (TPSA) is 121 Å². The Morgan fingerprint density at radius 3 is 2.24 bits per heavy atom. The monoisotopic (exact) mass is 742 g/mol. The number of likely N-dealkylation sites (N-methyl/N-ethyl adjacent to an activating group) is 1. The van der Waals surface area contributed by atoms with Gasteiger partial charge < -0.3 is 24.3 Å². The van der Waals surface area contributed by atoms with Crippen LogP contribution in [-0.4, -0.2) is 74.6 Å². The first-order chi connectivity index (χ1) is 23.5. The SMILES string of the molecule is CC(C)CCC[C@@H](C)[C@H]1CC[C@H]2[C@@H]3CC=C4C[C@@H](OC(=O)OCCCCCCCCOP(=O)(O)OCC[N+](C)(C)C)CC[C@]4(C)[C@H]3CC[C@]12C.[OH-]. The third-order valence-electron chi connectivity index (χ3n) is 13.6. The maximum atomic E-state index is 12.6. The van der Waals surface area contributed by atoms with Gasteiger partial charge in [0.15, 0.2) is 0 Å². The summed E-state index contributed by atoms with van der Waals surface area (Å²) in [5.41, 5.74) is 2.30. The van der Waals surface area contributed by atoms with E-state index in [1.54, 1.807) is 5.57 Å². The van der Waals surface area contributed by atoms with Crippen molar-refractivity contribution in [1.82, 2.24) is 0 Å². The third kappa shape index (κ3) is 12.5. The predicted octanol–water partition coefficient (Wildman–Crippen LogP) is 10.6. The molecule has 0 spiro atoms. The first kappa shape index (κ1) is 44.4. The standard InChI is InChI=1S/C41H74NO7P.H2O/c1-31(2)16-15-17-32(3)36-20-21-37-35-19-18-33-30-34(22-24-40(33,4)38(35)23-25-41(36,37)5)49-39(43)46-27-13-11-9-10-12-14-28-47-50(44,45)48-29-26-42(6,7)8;/h18,31-32,34-38H,9-17,19-30H2,1-8H3;1H2/t32-,34+,35+,36-,37+,38+,40+,41-;/m1./s1. The molecule has 2 N–H and O–H groups in total. The average molecular weight is 742 g/mol. The predicted molar refractivity (Wildman–Crippen MR) is 204 cm³/mol. The molecule has 0 bridgehead atoms. The van der Waals surface area contributed by atoms with E-state index in [1.165, 1.54) is 51.4 Å². The lowest BCUT2D eigenvalue weighted by Gasteiger charge is -2.58. The van der Waals surface area contributed by atoms with Crippen molar-refractivity contribution in [3.63, 3.8) is 0 Å². The molecule has 0 aromatic rings. The molecule has 1 unspecified atom stereocenters. The summed E-state index contributed by atoms with van der Waals surface area (Å²) in [4.78, 5) is 22.4. The number of carbonyl (C=O) groups excluding carboxylic acids is 1. The van der Waals surface area contributed by atoms with Crippen molar-refractivity contribution in [3.05, 3.63) is 11.6 Å². The first-order valence-electron chi connectivity index (χ1n) is 20.5. The normalized spacial score (nSPS) is 32.1. The van der Waals surface area contributed by atoms with Crippen molar-refractivity contribution in [3.8, 4) is 0 Å². The number of hydrogen-bond donors (Lipinski definition) is 1. The lowest BCUT2D eigenvalue weighted by atomic mass is 9.47. The van der Waals surface area contributed by atoms with Crippen molar-refractivity contribution in [1.29, 1.82) is 0 Å². The van der Waals surface area contributed by atoms with E-state index in [0.29, 0.717) is 29.5 Å². The highest BCUT2D eigenvalue weighted by Gasteiger charge is 2.59. The van der Waals surface area contributed by atoms with E-state index in [1.807, 2.05) is 21.1 Å². The largest absolute Gasteiger partial charge is 0.870 e. The van der Waals surface area contributed by atoms with Gasteiger partial charge in [0.1, 0.15) is 19.3 Å². The van der Waals surface area contributed by atoms with Crippen molar-refractivity contribution in [2.75, 3.05) is 47.5 Å². The molecule has 0 heterocycles. The molecule has 4 aliphatic carbocycles. The summed E-state index contributed by atoms with van der Waals surface area (Å²) >= 11 is 0. The van der Waals surface area contributed by atoms with Crippen LogP contribution in [0.15, 0.2) is 11.6 Å². The summed E-state index contributed by atoms with van der Waals surface area (Å²) < 4.78 is 34.1. The number of carbonyl (C=O) groups is 1. The molecule has 4 aliphatic rings. The van der Waals surface area contributed by atoms with Crippen molar-refractivity contribution < 1.29 is 42.7 Å². The summed E-state index contributed by atoms with van der Waals surface area (Å²) in [6.45, 7) is 13.9. The van der Waals surface area contributed by atoms with Gasteiger partial charge >= 0.3 is 14.0 Å². The average Bonchev–Trinajstić information content (AvgIpc) is 3.38. The molecule has 0 aromatic carbocycles. The minimum atomic E-state index is -3.98. The Bertz CT molecular complexity index is 1150. The highest BCUT2D eigenvalue weighted by Crippen LogP contribution is 2.67. The zero-order valence-corrected chi connectivity index (χ0v) is 34.6. The van der Waals surface area contributed by atoms with E-state index in [2.05, 4.69) is 40.7 Å². The highest BCUT2D eigenvalue weighted by atomic mass is 31.2. The van der Waals surface area contributed by atoms with Gasteiger partial charge in [-0.15, -0.1) is 0 Å². The van der Waals surface area contributed by atoms with E-state index < -0.39 is 14.0 Å². The summed E-state index contributed by atoms with van der Waals surface area (Å²) in [6.07, 6.45) is 21.3. The summed E-state index contributed by atoms with van der Waals surface area (Å²) in [6, 6.07) is 0. The van der Waals surface area contributed by atoms with Gasteiger partial charge in [0.2, 0.25) is 0 Å². The molecule has 10 heteroatoms. The van der Waals surface area contributed by atoms with Crippen molar-refractivity contribution in [2.24, 2.45) is 46.3 Å². The molecule has 3 fully saturated rings. The zero-order valence-electron chi connectivity index (χ0n) is 33.7. The Labute approximate surface area is 311 Å². The molecular weight excluding hydrogens is 665 g/mol. The Balaban J connectivity index is 0.00000702. The maximum Gasteiger partial charge on any atom is 0.508 e. The molecule has 0 aliphatic heterocycles. The minimum Gasteiger partial charge on any atom is -0.870 e. The second-order valence-corrected chi connectivity index (χ2v) is 20.1. The molecule has 51 heavy (non-hydrogen) atoms. The molecular formula is C41H76NO8P. The highest BCUT2D eigenvalue weighted by molar-refractivity contribution is 7.47. The number of rotatable bonds is 20. The van der Waals surface area contributed by atoms with Crippen LogP contribution in [0.2, 0.25) is 0 Å². The van der Waals surface area contributed by atoms with Gasteiger partial charge in [0, 0.05) is 6.42 Å². The van der Waals surface area contributed by atoms with Crippen LogP contribution < -0.4 is 0 Å². The van der Waals surface area contributed by atoms with Crippen LogP contribution in [0.5, 0.6) is 0 Å². The molecule has 298 valence electrons. The molecule has 0 saturated heterocycles. The summed E-state index contributed by atoms with van der Waals surface area (Å²) in [5, 5.41) is 0. The number of nitrogens with zero attached hydrogens (tertiary/aromatic N) is 1. The van der Waals surface area contributed by atoms with Gasteiger partial charge in [-0.3, -0.25) is 9.05 Å². The van der Waals surface area contributed by atoms with Gasteiger partial charge in [-0.2, -0.15) is 0 Å². The number of ether oxygens (including phenoxy) is 2. The Kier molecular flexibility index (Phi) is 17.1. The zero-order chi connectivity index (χ0) is 36.6. The number of phosphoric ester groups is 1. The van der Waals surface area contributed by atoms with Crippen molar-refractivity contribution >= 4 is 14.0 Å². The summed E-state index contributed by atoms with van der Waals surface area (Å²) in [7, 11) is 2.02. The van der Waals surface area contributed by atoms with Crippen LogP contribution in [0.4, 0.5) is 4.79 Å². The molecule has 9 atom stereocenters. The first-order valence-corrected chi connectivity index (χ1v) is 22.0. The number of allylic oxidation sites excluding steroid dienone is 1. The van der Waals surface area contributed by atoms with Gasteiger partial charge in [-0.05, 0) is 104 Å². The van der Waals surface area contributed by atoms with E-state index in [-0.39, 0.29) is 30.2 Å². The molecule has 4 rings (SSSR count). The second-order valence-electron chi connectivity index (χ2n) is 18.6. The lowest BCUT2D eigenvalue weighted by Crippen LogP contribution is -2.51. The second kappa shape index (κ2) is 19.6. The van der Waals surface area contributed by atoms with Gasteiger partial charge in [-0.25, -0.2) is 9.36 Å². The van der Waals surface area contributed by atoms with Crippen LogP contribution in [0.1, 0.15) is 144 Å². The van der Waals surface area contributed by atoms with Crippen LogP contribution in [0.25, 0.3) is 0 Å². The molecule has 9 nitrogen and oxygen atoms in total. The van der Waals surface area contributed by atoms with Crippen molar-refractivity contribution in [2.45, 2.75) is 150 Å². The fourth-order valence-corrected chi connectivity index (χ4v) is 11.4. The van der Waals surface area contributed by atoms with E-state index >= 15 is 0 Å². The molecule has 0 aromatic heterocycles. The van der Waals surface area contributed by atoms with Crippen LogP contribution in [0.3, 0.4) is 0 Å². The Hall–Kier alpha value is -0.960. The lowest BCUT2D eigenvalue weighted by molar-refractivity contribution is -0.870. The number of fused-ring (bicyclic) bond motifs is 5. The number of unbranched alkanes of at least 4 members (excludes halogenated alkanes) is 5. The fraction of sp³-hybridized carbons (Fsp3) is 0.927. The van der Waals surface area contributed by atoms with Crippen LogP contribution in [0, 0.1) is 46.3 Å². The molecule has 0 radical (unpaired) electrons. The van der Waals surface area contributed by atoms with Crippen LogP contribution >= 0.6 is 7.82 Å². The van der Waals surface area contributed by atoms with Gasteiger partial charge in [0.25, 0.3) is 0 Å². The number of hydrogen-bond acceptors (Lipinski definition) is 7. The minimum absolute atomic E-state index is 0. The Morgan fingerprint density at radius 1 is 0.882 bits per heavy atom. The molecule has 0 amide bonds. The maximum absolute atomic E-state index is 12.6. The quantitative estimate of drug-likeness (QED) is 0.0430. The molecule has 3 saturated carbocycles. The smallest absolute Gasteiger partial charge is 0.508 e. The van der Waals surface area contributed by atoms with E-state index in [0.717, 1.165) is 86.9 Å². The van der Waals surface area contributed by atoms with E-state index in [4.69, 9.17) is 18.5 Å². The van der Waals surface area contributed by atoms with E-state index in [9.17, 15) is 14.3 Å².